The van der Waals surface area contributed by atoms with Gasteiger partial charge in [-0.25, -0.2) is 12.8 Å². The molecule has 150 valence electrons. The van der Waals surface area contributed by atoms with Crippen molar-refractivity contribution in [3.63, 3.8) is 0 Å². The van der Waals surface area contributed by atoms with Crippen molar-refractivity contribution in [3.05, 3.63) is 53.8 Å². The lowest BCUT2D eigenvalue weighted by Gasteiger charge is -2.28. The third-order valence-electron chi connectivity index (χ3n) is 4.83. The van der Waals surface area contributed by atoms with Crippen LogP contribution in [0.15, 0.2) is 47.4 Å². The van der Waals surface area contributed by atoms with E-state index >= 15 is 0 Å². The van der Waals surface area contributed by atoms with E-state index in [0.717, 1.165) is 24.1 Å². The highest BCUT2D eigenvalue weighted by Gasteiger charge is 2.30. The van der Waals surface area contributed by atoms with E-state index in [2.05, 4.69) is 4.72 Å². The maximum atomic E-state index is 13.1. The number of halogens is 1. The van der Waals surface area contributed by atoms with Gasteiger partial charge in [-0.2, -0.15) is 0 Å². The fourth-order valence-corrected chi connectivity index (χ4v) is 4.09. The number of hydrogen-bond donors (Lipinski definition) is 1. The smallest absolute Gasteiger partial charge is 0.263 e. The Labute approximate surface area is 164 Å². The lowest BCUT2D eigenvalue weighted by Crippen LogP contribution is -2.42. The van der Waals surface area contributed by atoms with Gasteiger partial charge in [-0.05, 0) is 62.7 Å². The van der Waals surface area contributed by atoms with Gasteiger partial charge in [0.2, 0.25) is 0 Å². The Kier molecular flexibility index (Phi) is 5.60. The molecule has 1 amide bonds. The highest BCUT2D eigenvalue weighted by atomic mass is 32.2. The van der Waals surface area contributed by atoms with E-state index in [0.29, 0.717) is 18.0 Å². The Balaban J connectivity index is 1.90. The number of carbonyl (C=O) groups is 1. The van der Waals surface area contributed by atoms with E-state index < -0.39 is 21.9 Å². The zero-order valence-electron chi connectivity index (χ0n) is 16.0. The van der Waals surface area contributed by atoms with Crippen LogP contribution < -0.4 is 9.46 Å². The number of sulfonamides is 1. The Morgan fingerprint density at radius 1 is 1.25 bits per heavy atom. The van der Waals surface area contributed by atoms with Crippen molar-refractivity contribution in [2.75, 3.05) is 4.72 Å². The number of benzene rings is 2. The monoisotopic (exact) mass is 406 g/mol. The van der Waals surface area contributed by atoms with E-state index in [1.54, 1.807) is 30.0 Å². The molecule has 2 unspecified atom stereocenters. The largest absolute Gasteiger partial charge is 0.481 e. The van der Waals surface area contributed by atoms with E-state index in [-0.39, 0.29) is 16.8 Å². The molecule has 1 aliphatic heterocycles. The SMILES string of the molecule is CCC(C)N1Cc2cc(NS(=O)(=O)c3ccc(F)cc3)ccc2OC(C)C1=O. The van der Waals surface area contributed by atoms with Crippen molar-refractivity contribution >= 4 is 21.6 Å². The summed E-state index contributed by atoms with van der Waals surface area (Å²) >= 11 is 0. The lowest BCUT2D eigenvalue weighted by molar-refractivity contribution is -0.139. The molecule has 1 N–H and O–H groups in total. The molecule has 0 radical (unpaired) electrons. The predicted molar refractivity (Wildman–Crippen MR) is 104 cm³/mol. The Morgan fingerprint density at radius 2 is 1.93 bits per heavy atom. The van der Waals surface area contributed by atoms with Gasteiger partial charge in [0.05, 0.1) is 4.90 Å². The van der Waals surface area contributed by atoms with Gasteiger partial charge < -0.3 is 9.64 Å². The molecule has 28 heavy (non-hydrogen) atoms. The van der Waals surface area contributed by atoms with Gasteiger partial charge in [0.15, 0.2) is 6.10 Å². The molecule has 1 aliphatic rings. The molecule has 0 aliphatic carbocycles. The normalized spacial score (nSPS) is 18.1. The molecule has 0 saturated heterocycles. The molecule has 0 fully saturated rings. The van der Waals surface area contributed by atoms with Crippen molar-refractivity contribution in [3.8, 4) is 5.75 Å². The molecule has 0 aromatic heterocycles. The van der Waals surface area contributed by atoms with Crippen LogP contribution in [0.4, 0.5) is 10.1 Å². The summed E-state index contributed by atoms with van der Waals surface area (Å²) < 4.78 is 46.4. The summed E-state index contributed by atoms with van der Waals surface area (Å²) in [5, 5.41) is 0. The summed E-state index contributed by atoms with van der Waals surface area (Å²) in [6, 6.07) is 9.52. The molecule has 8 heteroatoms. The van der Waals surface area contributed by atoms with Crippen LogP contribution in [0.5, 0.6) is 5.75 Å². The van der Waals surface area contributed by atoms with Crippen LogP contribution in [0.25, 0.3) is 0 Å². The second-order valence-corrected chi connectivity index (χ2v) is 8.55. The van der Waals surface area contributed by atoms with E-state index in [4.69, 9.17) is 4.74 Å². The number of amides is 1. The molecule has 2 atom stereocenters. The summed E-state index contributed by atoms with van der Waals surface area (Å²) in [5.74, 6) is -0.0552. The van der Waals surface area contributed by atoms with E-state index in [9.17, 15) is 17.6 Å². The van der Waals surface area contributed by atoms with Crippen molar-refractivity contribution in [2.45, 2.75) is 50.8 Å². The van der Waals surface area contributed by atoms with Crippen LogP contribution in [0.2, 0.25) is 0 Å². The second kappa shape index (κ2) is 7.79. The summed E-state index contributed by atoms with van der Waals surface area (Å²) in [6.45, 7) is 6.01. The van der Waals surface area contributed by atoms with Gasteiger partial charge in [-0.15, -0.1) is 0 Å². The number of nitrogens with one attached hydrogen (secondary N) is 1. The highest BCUT2D eigenvalue weighted by Crippen LogP contribution is 2.30. The minimum atomic E-state index is -3.86. The van der Waals surface area contributed by atoms with E-state index in [1.165, 1.54) is 12.1 Å². The maximum Gasteiger partial charge on any atom is 0.263 e. The first-order chi connectivity index (χ1) is 13.2. The maximum absolute atomic E-state index is 13.1. The van der Waals surface area contributed by atoms with Gasteiger partial charge in [-0.1, -0.05) is 6.92 Å². The molecular formula is C20H23FN2O4S. The third-order valence-corrected chi connectivity index (χ3v) is 6.23. The summed E-state index contributed by atoms with van der Waals surface area (Å²) in [4.78, 5) is 14.3. The second-order valence-electron chi connectivity index (χ2n) is 6.87. The zero-order chi connectivity index (χ0) is 20.5. The van der Waals surface area contributed by atoms with Crippen molar-refractivity contribution in [1.29, 1.82) is 0 Å². The molecular weight excluding hydrogens is 383 g/mol. The molecule has 6 nitrogen and oxygen atoms in total. The Bertz CT molecular complexity index is 976. The fourth-order valence-electron chi connectivity index (χ4n) is 3.04. The van der Waals surface area contributed by atoms with Gasteiger partial charge in [0, 0.05) is 23.8 Å². The van der Waals surface area contributed by atoms with E-state index in [1.807, 2.05) is 13.8 Å². The molecule has 2 aromatic rings. The van der Waals surface area contributed by atoms with Gasteiger partial charge >= 0.3 is 0 Å². The summed E-state index contributed by atoms with van der Waals surface area (Å²) in [6.07, 6.45) is 0.182. The van der Waals surface area contributed by atoms with Crippen LogP contribution in [-0.2, 0) is 21.4 Å². The minimum absolute atomic E-state index is 0.0315. The van der Waals surface area contributed by atoms with Crippen LogP contribution >= 0.6 is 0 Å². The van der Waals surface area contributed by atoms with Crippen LogP contribution in [0.1, 0.15) is 32.8 Å². The number of nitrogens with zero attached hydrogens (tertiary/aromatic N) is 1. The molecule has 0 saturated carbocycles. The summed E-state index contributed by atoms with van der Waals surface area (Å²) in [5.41, 5.74) is 1.06. The standard InChI is InChI=1S/C20H23FN2O4S/c1-4-13(2)23-12-15-11-17(7-10-19(15)27-14(3)20(23)24)22-28(25,26)18-8-5-16(21)6-9-18/h5-11,13-14,22H,4,12H2,1-3H3. The van der Waals surface area contributed by atoms with Crippen molar-refractivity contribution in [2.24, 2.45) is 0 Å². The number of fused-ring (bicyclic) bond motifs is 1. The van der Waals surface area contributed by atoms with Crippen LogP contribution in [0, 0.1) is 5.82 Å². The number of hydrogen-bond acceptors (Lipinski definition) is 4. The highest BCUT2D eigenvalue weighted by molar-refractivity contribution is 7.92. The van der Waals surface area contributed by atoms with Crippen molar-refractivity contribution in [1.82, 2.24) is 4.90 Å². The van der Waals surface area contributed by atoms with Gasteiger partial charge in [0.25, 0.3) is 15.9 Å². The summed E-state index contributed by atoms with van der Waals surface area (Å²) in [7, 11) is -3.86. The number of rotatable bonds is 5. The first kappa shape index (κ1) is 20.1. The molecule has 0 bridgehead atoms. The topological polar surface area (TPSA) is 75.7 Å². The van der Waals surface area contributed by atoms with Crippen LogP contribution in [0.3, 0.4) is 0 Å². The first-order valence-electron chi connectivity index (χ1n) is 9.09. The van der Waals surface area contributed by atoms with Crippen molar-refractivity contribution < 1.29 is 22.3 Å². The number of ether oxygens (including phenoxy) is 1. The van der Waals surface area contributed by atoms with Gasteiger partial charge in [-0.3, -0.25) is 9.52 Å². The Morgan fingerprint density at radius 3 is 2.57 bits per heavy atom. The van der Waals surface area contributed by atoms with Crippen LogP contribution in [-0.4, -0.2) is 31.4 Å². The quantitative estimate of drug-likeness (QED) is 0.824. The average Bonchev–Trinajstić information content (AvgIpc) is 2.78. The lowest BCUT2D eigenvalue weighted by atomic mass is 10.1. The number of carbonyl (C=O) groups excluding carboxylic acids is 1. The number of anilines is 1. The minimum Gasteiger partial charge on any atom is -0.481 e. The molecule has 3 rings (SSSR count). The molecule has 1 heterocycles. The fraction of sp³-hybridized carbons (Fsp3) is 0.350. The average molecular weight is 406 g/mol. The first-order valence-corrected chi connectivity index (χ1v) is 10.6. The van der Waals surface area contributed by atoms with Gasteiger partial charge in [0.1, 0.15) is 11.6 Å². The Hall–Kier alpha value is -2.61. The third kappa shape index (κ3) is 4.11. The molecule has 0 spiro atoms. The molecule has 2 aromatic carbocycles. The zero-order valence-corrected chi connectivity index (χ0v) is 16.8. The predicted octanol–water partition coefficient (Wildman–Crippen LogP) is 3.53.